The number of carbonyl (C=O) groups is 1. The Hall–Kier alpha value is -1.18. The van der Waals surface area contributed by atoms with Gasteiger partial charge in [0, 0.05) is 32.6 Å². The highest BCUT2D eigenvalue weighted by Crippen LogP contribution is 2.23. The molecule has 1 aromatic rings. The van der Waals surface area contributed by atoms with E-state index in [1.165, 1.54) is 11.3 Å². The summed E-state index contributed by atoms with van der Waals surface area (Å²) in [6.45, 7) is 4.01. The second-order valence-electron chi connectivity index (χ2n) is 4.51. The number of nitrogens with zero attached hydrogens (tertiary/aromatic N) is 2. The minimum absolute atomic E-state index is 0.106. The summed E-state index contributed by atoms with van der Waals surface area (Å²) in [5, 5.41) is 11.5. The minimum Gasteiger partial charge on any atom is -0.481 e. The summed E-state index contributed by atoms with van der Waals surface area (Å²) in [6.07, 6.45) is 0.567. The number of hydrogen-bond donors (Lipinski definition) is 1. The number of methoxy groups -OCH3 is 2. The maximum atomic E-state index is 10.6. The van der Waals surface area contributed by atoms with Gasteiger partial charge in [-0.15, -0.1) is 11.3 Å². The molecule has 7 heteroatoms. The maximum absolute atomic E-state index is 10.6. The van der Waals surface area contributed by atoms with Crippen LogP contribution in [0.4, 0.5) is 5.13 Å². The van der Waals surface area contributed by atoms with Crippen LogP contribution in [-0.4, -0.2) is 56.1 Å². The molecule has 0 saturated heterocycles. The van der Waals surface area contributed by atoms with Gasteiger partial charge in [-0.3, -0.25) is 4.79 Å². The highest BCUT2D eigenvalue weighted by atomic mass is 32.1. The molecular weight excluding hydrogens is 280 g/mol. The first kappa shape index (κ1) is 16.9. The smallest absolute Gasteiger partial charge is 0.303 e. The second kappa shape index (κ2) is 8.89. The molecule has 1 unspecified atom stereocenters. The molecule has 1 atom stereocenters. The molecule has 20 heavy (non-hydrogen) atoms. The molecule has 6 nitrogen and oxygen atoms in total. The van der Waals surface area contributed by atoms with E-state index in [0.29, 0.717) is 19.6 Å². The van der Waals surface area contributed by atoms with Crippen LogP contribution in [0.3, 0.4) is 0 Å². The van der Waals surface area contributed by atoms with Crippen molar-refractivity contribution in [1.29, 1.82) is 0 Å². The molecule has 114 valence electrons. The molecule has 0 radical (unpaired) electrons. The zero-order chi connectivity index (χ0) is 15.0. The number of carboxylic acid groups (broad SMARTS) is 1. The first-order chi connectivity index (χ1) is 9.58. The number of aryl methyl sites for hydroxylation is 1. The Balaban J connectivity index is 2.71. The number of carboxylic acids is 1. The largest absolute Gasteiger partial charge is 0.481 e. The molecular formula is C13H22N2O4S. The van der Waals surface area contributed by atoms with Crippen LogP contribution in [0.5, 0.6) is 0 Å². The Morgan fingerprint density at radius 2 is 2.25 bits per heavy atom. The summed E-state index contributed by atoms with van der Waals surface area (Å²) in [5.41, 5.74) is 0.819. The fraction of sp³-hybridized carbons (Fsp3) is 0.692. The molecule has 0 aliphatic rings. The van der Waals surface area contributed by atoms with Gasteiger partial charge in [0.2, 0.25) is 0 Å². The summed E-state index contributed by atoms with van der Waals surface area (Å²) < 4.78 is 10.3. The predicted molar refractivity (Wildman–Crippen MR) is 78.6 cm³/mol. The maximum Gasteiger partial charge on any atom is 0.303 e. The molecule has 0 fully saturated rings. The number of rotatable bonds is 10. The van der Waals surface area contributed by atoms with Gasteiger partial charge in [-0.25, -0.2) is 4.98 Å². The zero-order valence-electron chi connectivity index (χ0n) is 12.2. The normalized spacial score (nSPS) is 12.3. The first-order valence-corrected chi connectivity index (χ1v) is 7.37. The Morgan fingerprint density at radius 1 is 1.50 bits per heavy atom. The molecule has 0 amide bonds. The van der Waals surface area contributed by atoms with Crippen molar-refractivity contribution in [3.05, 3.63) is 11.1 Å². The molecule has 0 aliphatic carbocycles. The van der Waals surface area contributed by atoms with E-state index in [4.69, 9.17) is 14.6 Å². The molecule has 0 saturated carbocycles. The number of thiazole rings is 1. The van der Waals surface area contributed by atoms with Crippen molar-refractivity contribution >= 4 is 22.4 Å². The van der Waals surface area contributed by atoms with E-state index in [-0.39, 0.29) is 12.5 Å². The quantitative estimate of drug-likeness (QED) is 0.708. The van der Waals surface area contributed by atoms with Gasteiger partial charge in [-0.1, -0.05) is 0 Å². The van der Waals surface area contributed by atoms with E-state index in [9.17, 15) is 4.79 Å². The number of aliphatic carboxylic acids is 1. The van der Waals surface area contributed by atoms with Crippen LogP contribution in [0.25, 0.3) is 0 Å². The second-order valence-corrected chi connectivity index (χ2v) is 5.34. The molecule has 1 heterocycles. The van der Waals surface area contributed by atoms with Gasteiger partial charge >= 0.3 is 5.97 Å². The predicted octanol–water partition coefficient (Wildman–Crippen LogP) is 1.65. The van der Waals surface area contributed by atoms with Crippen molar-refractivity contribution < 1.29 is 19.4 Å². The van der Waals surface area contributed by atoms with Crippen LogP contribution < -0.4 is 4.90 Å². The Kier molecular flexibility index (Phi) is 7.50. The Morgan fingerprint density at radius 3 is 2.85 bits per heavy atom. The van der Waals surface area contributed by atoms with E-state index in [1.54, 1.807) is 14.2 Å². The van der Waals surface area contributed by atoms with Crippen molar-refractivity contribution in [2.24, 2.45) is 0 Å². The van der Waals surface area contributed by atoms with Crippen LogP contribution in [-0.2, 0) is 20.7 Å². The average molecular weight is 302 g/mol. The van der Waals surface area contributed by atoms with E-state index >= 15 is 0 Å². The lowest BCUT2D eigenvalue weighted by Gasteiger charge is -2.28. The van der Waals surface area contributed by atoms with Gasteiger partial charge in [-0.05, 0) is 6.92 Å². The summed E-state index contributed by atoms with van der Waals surface area (Å²) in [4.78, 5) is 17.2. The van der Waals surface area contributed by atoms with Gasteiger partial charge in [0.1, 0.15) is 0 Å². The third-order valence-electron chi connectivity index (χ3n) is 2.86. The van der Waals surface area contributed by atoms with Crippen molar-refractivity contribution in [2.75, 3.05) is 38.9 Å². The molecule has 0 aliphatic heterocycles. The van der Waals surface area contributed by atoms with Crippen molar-refractivity contribution in [1.82, 2.24) is 4.98 Å². The SMILES string of the molecule is COCCN(c1nc(CCC(=O)O)cs1)C(C)COC. The highest BCUT2D eigenvalue weighted by Gasteiger charge is 2.17. The lowest BCUT2D eigenvalue weighted by molar-refractivity contribution is -0.136. The summed E-state index contributed by atoms with van der Waals surface area (Å²) in [5.74, 6) is -0.802. The number of anilines is 1. The summed E-state index contributed by atoms with van der Waals surface area (Å²) >= 11 is 1.52. The van der Waals surface area contributed by atoms with Crippen LogP contribution >= 0.6 is 11.3 Å². The standard InChI is InChI=1S/C13H22N2O4S/c1-10(8-19-3)15(6-7-18-2)13-14-11(9-20-13)4-5-12(16)17/h9-10H,4-8H2,1-3H3,(H,16,17). The third-order valence-corrected chi connectivity index (χ3v) is 3.78. The topological polar surface area (TPSA) is 71.9 Å². The van der Waals surface area contributed by atoms with E-state index in [2.05, 4.69) is 16.8 Å². The molecule has 1 rings (SSSR count). The first-order valence-electron chi connectivity index (χ1n) is 6.49. The average Bonchev–Trinajstić information content (AvgIpc) is 2.86. The Bertz CT molecular complexity index is 411. The van der Waals surface area contributed by atoms with E-state index in [1.807, 2.05) is 5.38 Å². The fourth-order valence-corrected chi connectivity index (χ4v) is 2.79. The van der Waals surface area contributed by atoms with Crippen LogP contribution in [0, 0.1) is 0 Å². The fourth-order valence-electron chi connectivity index (χ4n) is 1.80. The number of hydrogen-bond acceptors (Lipinski definition) is 6. The van der Waals surface area contributed by atoms with Crippen LogP contribution in [0.15, 0.2) is 5.38 Å². The lowest BCUT2D eigenvalue weighted by Crippen LogP contribution is -2.38. The van der Waals surface area contributed by atoms with Gasteiger partial charge in [0.05, 0.1) is 31.4 Å². The third kappa shape index (κ3) is 5.44. The van der Waals surface area contributed by atoms with Crippen molar-refractivity contribution in [3.63, 3.8) is 0 Å². The summed E-state index contributed by atoms with van der Waals surface area (Å²) in [6, 6.07) is 0.189. The van der Waals surface area contributed by atoms with Crippen LogP contribution in [0.1, 0.15) is 19.0 Å². The van der Waals surface area contributed by atoms with Gasteiger partial charge in [-0.2, -0.15) is 0 Å². The van der Waals surface area contributed by atoms with Gasteiger partial charge < -0.3 is 19.5 Å². The van der Waals surface area contributed by atoms with Gasteiger partial charge in [0.15, 0.2) is 5.13 Å². The molecule has 0 aromatic carbocycles. The van der Waals surface area contributed by atoms with E-state index in [0.717, 1.165) is 17.4 Å². The van der Waals surface area contributed by atoms with Crippen molar-refractivity contribution in [2.45, 2.75) is 25.8 Å². The molecule has 1 N–H and O–H groups in total. The minimum atomic E-state index is -0.802. The monoisotopic (exact) mass is 302 g/mol. The Labute approximate surface area is 123 Å². The van der Waals surface area contributed by atoms with Gasteiger partial charge in [0.25, 0.3) is 0 Å². The summed E-state index contributed by atoms with van der Waals surface area (Å²) in [7, 11) is 3.34. The lowest BCUT2D eigenvalue weighted by atomic mass is 10.2. The van der Waals surface area contributed by atoms with E-state index < -0.39 is 5.97 Å². The molecule has 1 aromatic heterocycles. The van der Waals surface area contributed by atoms with Crippen LogP contribution in [0.2, 0.25) is 0 Å². The zero-order valence-corrected chi connectivity index (χ0v) is 13.0. The number of ether oxygens (including phenoxy) is 2. The molecule has 0 bridgehead atoms. The highest BCUT2D eigenvalue weighted by molar-refractivity contribution is 7.13. The molecule has 0 spiro atoms. The number of aromatic nitrogens is 1. The van der Waals surface area contributed by atoms with Crippen molar-refractivity contribution in [3.8, 4) is 0 Å².